The molecule has 0 fully saturated rings. The summed E-state index contributed by atoms with van der Waals surface area (Å²) < 4.78 is 5.16. The predicted octanol–water partition coefficient (Wildman–Crippen LogP) is 5.41. The number of carbonyl (C=O) groups excluding carboxylic acids is 2. The van der Waals surface area contributed by atoms with Gasteiger partial charge in [0.1, 0.15) is 5.02 Å². The Kier molecular flexibility index (Phi) is 6.97. The molecule has 0 aliphatic carbocycles. The zero-order valence-corrected chi connectivity index (χ0v) is 20.3. The lowest BCUT2D eigenvalue weighted by Crippen LogP contribution is -2.25. The van der Waals surface area contributed by atoms with Crippen LogP contribution >= 0.6 is 34.8 Å². The third-order valence-corrected chi connectivity index (χ3v) is 6.20. The topological polar surface area (TPSA) is 108 Å². The van der Waals surface area contributed by atoms with Crippen LogP contribution in [0.2, 0.25) is 15.1 Å². The molecule has 2 heterocycles. The molecular formula is C22H19Cl3N6O3. The van der Waals surface area contributed by atoms with Crippen LogP contribution < -0.4 is 20.9 Å². The third kappa shape index (κ3) is 4.82. The van der Waals surface area contributed by atoms with Gasteiger partial charge in [-0.2, -0.15) is 4.98 Å². The van der Waals surface area contributed by atoms with Crippen LogP contribution in [-0.4, -0.2) is 42.7 Å². The van der Waals surface area contributed by atoms with Crippen LogP contribution in [0.1, 0.15) is 15.9 Å². The number of rotatable bonds is 5. The van der Waals surface area contributed by atoms with Crippen molar-refractivity contribution in [3.63, 3.8) is 0 Å². The Labute approximate surface area is 210 Å². The maximum absolute atomic E-state index is 12.3. The van der Waals surface area contributed by atoms with E-state index in [0.29, 0.717) is 18.7 Å². The van der Waals surface area contributed by atoms with Crippen molar-refractivity contribution in [2.24, 2.45) is 0 Å². The second kappa shape index (κ2) is 9.92. The van der Waals surface area contributed by atoms with Gasteiger partial charge in [0.15, 0.2) is 5.82 Å². The standard InChI is InChI=1S/C22H19Cl3N6O3/c1-26-20(32)13-4-5-14(23)17(25)18(13)29-19-15(24)10-27-21(30-19)28-12-3-6-16-11(9-12)7-8-34-22(33)31(16)2/h3-6,9-10H,7-8H2,1-2H3,(H,26,32)(H2,27,28,29,30). The monoisotopic (exact) mass is 520 g/mol. The first-order valence-corrected chi connectivity index (χ1v) is 11.2. The highest BCUT2D eigenvalue weighted by molar-refractivity contribution is 6.44. The van der Waals surface area contributed by atoms with Gasteiger partial charge in [0.25, 0.3) is 5.91 Å². The summed E-state index contributed by atoms with van der Waals surface area (Å²) in [5.41, 5.74) is 2.95. The number of nitrogens with zero attached hydrogens (tertiary/aromatic N) is 3. The lowest BCUT2D eigenvalue weighted by Gasteiger charge is -2.17. The van der Waals surface area contributed by atoms with E-state index in [2.05, 4.69) is 25.9 Å². The number of fused-ring (bicyclic) bond motifs is 1. The van der Waals surface area contributed by atoms with Crippen LogP contribution in [0.4, 0.5) is 33.6 Å². The second-order valence-corrected chi connectivity index (χ2v) is 8.46. The van der Waals surface area contributed by atoms with Crippen LogP contribution in [0.5, 0.6) is 0 Å². The minimum Gasteiger partial charge on any atom is -0.449 e. The van der Waals surface area contributed by atoms with E-state index >= 15 is 0 Å². The number of cyclic esters (lactones) is 1. The molecule has 0 spiro atoms. The van der Waals surface area contributed by atoms with Crippen molar-refractivity contribution >= 4 is 75.6 Å². The number of benzene rings is 2. The number of ether oxygens (including phenoxy) is 1. The van der Waals surface area contributed by atoms with E-state index in [9.17, 15) is 9.59 Å². The molecule has 1 aliphatic heterocycles. The highest BCUT2D eigenvalue weighted by Crippen LogP contribution is 2.36. The molecule has 0 atom stereocenters. The van der Waals surface area contributed by atoms with Crippen molar-refractivity contribution in [3.05, 3.63) is 62.7 Å². The minimum absolute atomic E-state index is 0.151. The SMILES string of the molecule is CNC(=O)c1ccc(Cl)c(Cl)c1Nc1nc(Nc2ccc3c(c2)CCOC(=O)N3C)ncc1Cl. The number of hydrogen-bond acceptors (Lipinski definition) is 7. The molecule has 0 saturated carbocycles. The molecule has 12 heteroatoms. The summed E-state index contributed by atoms with van der Waals surface area (Å²) in [4.78, 5) is 34.3. The van der Waals surface area contributed by atoms with E-state index in [1.807, 2.05) is 12.1 Å². The number of nitrogens with one attached hydrogen (secondary N) is 3. The summed E-state index contributed by atoms with van der Waals surface area (Å²) in [6.07, 6.45) is 1.60. The van der Waals surface area contributed by atoms with E-state index in [0.717, 1.165) is 11.3 Å². The highest BCUT2D eigenvalue weighted by atomic mass is 35.5. The quantitative estimate of drug-likeness (QED) is 0.412. The molecule has 0 saturated heterocycles. The number of carbonyl (C=O) groups is 2. The molecule has 2 amide bonds. The first-order chi connectivity index (χ1) is 16.3. The van der Waals surface area contributed by atoms with Gasteiger partial charge in [0.05, 0.1) is 39.8 Å². The molecule has 4 rings (SSSR count). The van der Waals surface area contributed by atoms with Crippen LogP contribution in [-0.2, 0) is 11.2 Å². The van der Waals surface area contributed by atoms with Gasteiger partial charge in [0, 0.05) is 26.2 Å². The Morgan fingerprint density at radius 3 is 2.68 bits per heavy atom. The minimum atomic E-state index is -0.396. The van der Waals surface area contributed by atoms with Gasteiger partial charge in [-0.15, -0.1) is 0 Å². The lowest BCUT2D eigenvalue weighted by atomic mass is 10.1. The van der Waals surface area contributed by atoms with Crippen LogP contribution in [0.3, 0.4) is 0 Å². The molecule has 34 heavy (non-hydrogen) atoms. The first kappa shape index (κ1) is 23.9. The van der Waals surface area contributed by atoms with Gasteiger partial charge in [-0.1, -0.05) is 34.8 Å². The molecule has 0 radical (unpaired) electrons. The Hall–Kier alpha value is -3.27. The molecule has 3 aromatic rings. The molecule has 3 N–H and O–H groups in total. The second-order valence-electron chi connectivity index (χ2n) is 7.27. The smallest absolute Gasteiger partial charge is 0.414 e. The highest BCUT2D eigenvalue weighted by Gasteiger charge is 2.21. The van der Waals surface area contributed by atoms with Crippen LogP contribution in [0, 0.1) is 0 Å². The fourth-order valence-corrected chi connectivity index (χ4v) is 3.90. The number of halogens is 3. The van der Waals surface area contributed by atoms with Crippen LogP contribution in [0.25, 0.3) is 0 Å². The Morgan fingerprint density at radius 2 is 1.91 bits per heavy atom. The normalized spacial score (nSPS) is 13.0. The fourth-order valence-electron chi connectivity index (χ4n) is 3.39. The molecule has 176 valence electrons. The molecule has 2 aromatic carbocycles. The maximum atomic E-state index is 12.3. The first-order valence-electron chi connectivity index (χ1n) is 10.1. The Morgan fingerprint density at radius 1 is 1.12 bits per heavy atom. The Balaban J connectivity index is 1.64. The third-order valence-electron chi connectivity index (χ3n) is 5.12. The summed E-state index contributed by atoms with van der Waals surface area (Å²) in [5.74, 6) is 0.116. The molecule has 9 nitrogen and oxygen atoms in total. The lowest BCUT2D eigenvalue weighted by molar-refractivity contribution is 0.0964. The van der Waals surface area contributed by atoms with Crippen LogP contribution in [0.15, 0.2) is 36.5 Å². The van der Waals surface area contributed by atoms with E-state index in [1.165, 1.54) is 24.2 Å². The van der Waals surface area contributed by atoms with Gasteiger partial charge < -0.3 is 20.7 Å². The van der Waals surface area contributed by atoms with Gasteiger partial charge in [0.2, 0.25) is 5.95 Å². The number of aromatic nitrogens is 2. The van der Waals surface area contributed by atoms with Crippen molar-refractivity contribution in [2.75, 3.05) is 36.2 Å². The summed E-state index contributed by atoms with van der Waals surface area (Å²) >= 11 is 18.8. The summed E-state index contributed by atoms with van der Waals surface area (Å²) in [6.45, 7) is 0.291. The summed E-state index contributed by atoms with van der Waals surface area (Å²) in [7, 11) is 3.17. The van der Waals surface area contributed by atoms with Gasteiger partial charge in [-0.05, 0) is 35.9 Å². The van der Waals surface area contributed by atoms with Gasteiger partial charge >= 0.3 is 6.09 Å². The largest absolute Gasteiger partial charge is 0.449 e. The average Bonchev–Trinajstić information content (AvgIpc) is 2.96. The fraction of sp³-hybridized carbons (Fsp3) is 0.182. The van der Waals surface area contributed by atoms with E-state index in [1.54, 1.807) is 19.2 Å². The summed E-state index contributed by atoms with van der Waals surface area (Å²) in [5, 5.41) is 9.31. The van der Waals surface area contributed by atoms with Crippen molar-refractivity contribution < 1.29 is 14.3 Å². The van der Waals surface area contributed by atoms with Crippen molar-refractivity contribution in [2.45, 2.75) is 6.42 Å². The van der Waals surface area contributed by atoms with Crippen molar-refractivity contribution in [3.8, 4) is 0 Å². The molecule has 0 unspecified atom stereocenters. The molecular weight excluding hydrogens is 503 g/mol. The van der Waals surface area contributed by atoms with Gasteiger partial charge in [-0.3, -0.25) is 9.69 Å². The molecule has 1 aromatic heterocycles. The van der Waals surface area contributed by atoms with E-state index in [-0.39, 0.29) is 44.0 Å². The zero-order valence-electron chi connectivity index (χ0n) is 18.1. The van der Waals surface area contributed by atoms with E-state index < -0.39 is 6.09 Å². The number of anilines is 5. The van der Waals surface area contributed by atoms with Crippen molar-refractivity contribution in [1.29, 1.82) is 0 Å². The number of amides is 2. The van der Waals surface area contributed by atoms with Crippen molar-refractivity contribution in [1.82, 2.24) is 15.3 Å². The molecule has 1 aliphatic rings. The summed E-state index contributed by atoms with van der Waals surface area (Å²) in [6, 6.07) is 8.60. The average molecular weight is 522 g/mol. The van der Waals surface area contributed by atoms with E-state index in [4.69, 9.17) is 39.5 Å². The maximum Gasteiger partial charge on any atom is 0.414 e. The van der Waals surface area contributed by atoms with Gasteiger partial charge in [-0.25, -0.2) is 9.78 Å². The molecule has 0 bridgehead atoms. The zero-order chi connectivity index (χ0) is 24.4. The number of hydrogen-bond donors (Lipinski definition) is 3. The Bertz CT molecular complexity index is 1290. The predicted molar refractivity (Wildman–Crippen MR) is 133 cm³/mol.